The summed E-state index contributed by atoms with van der Waals surface area (Å²) in [5.74, 6) is 1.20. The van der Waals surface area contributed by atoms with Gasteiger partial charge in [0.2, 0.25) is 0 Å². The summed E-state index contributed by atoms with van der Waals surface area (Å²) in [5.41, 5.74) is 2.99. The molecule has 0 radical (unpaired) electrons. The van der Waals surface area contributed by atoms with Gasteiger partial charge >= 0.3 is 0 Å². The van der Waals surface area contributed by atoms with Gasteiger partial charge in [0.15, 0.2) is 16.6 Å². The average molecular weight is 412 g/mol. The number of hydrogen-bond donors (Lipinski definition) is 0. The van der Waals surface area contributed by atoms with Gasteiger partial charge in [-0.2, -0.15) is 0 Å². The first-order valence-corrected chi connectivity index (χ1v) is 10.6. The van der Waals surface area contributed by atoms with Gasteiger partial charge in [0, 0.05) is 31.7 Å². The maximum Gasteiger partial charge on any atom is 0.254 e. The Hall–Kier alpha value is -2.80. The van der Waals surface area contributed by atoms with Crippen molar-refractivity contribution in [3.63, 3.8) is 0 Å². The van der Waals surface area contributed by atoms with Crippen molar-refractivity contribution in [1.29, 1.82) is 0 Å². The number of carbonyl (C=O) groups is 1. The van der Waals surface area contributed by atoms with Crippen molar-refractivity contribution in [2.24, 2.45) is 0 Å². The maximum atomic E-state index is 12.9. The van der Waals surface area contributed by atoms with Crippen LogP contribution < -0.4 is 14.4 Å². The van der Waals surface area contributed by atoms with Crippen LogP contribution in [0.25, 0.3) is 10.2 Å². The highest BCUT2D eigenvalue weighted by molar-refractivity contribution is 7.22. The van der Waals surface area contributed by atoms with Crippen LogP contribution in [0.4, 0.5) is 5.13 Å². The highest BCUT2D eigenvalue weighted by Crippen LogP contribution is 2.31. The third-order valence-corrected chi connectivity index (χ3v) is 6.40. The van der Waals surface area contributed by atoms with Crippen LogP contribution in [0.2, 0.25) is 0 Å². The lowest BCUT2D eigenvalue weighted by Crippen LogP contribution is -2.48. The predicted molar refractivity (Wildman–Crippen MR) is 117 cm³/mol. The SMILES string of the molecule is CCc1ccc2nc(N3CCN(C(=O)c4ccc(OC)c(OC)c4)CC3)sc2c1. The van der Waals surface area contributed by atoms with Gasteiger partial charge in [0.05, 0.1) is 24.4 Å². The van der Waals surface area contributed by atoms with Gasteiger partial charge in [0.25, 0.3) is 5.91 Å². The summed E-state index contributed by atoms with van der Waals surface area (Å²) >= 11 is 1.73. The van der Waals surface area contributed by atoms with Crippen molar-refractivity contribution in [2.75, 3.05) is 45.3 Å². The third-order valence-electron chi connectivity index (χ3n) is 5.32. The third kappa shape index (κ3) is 3.87. The molecule has 0 N–H and O–H groups in total. The fraction of sp³-hybridized carbons (Fsp3) is 0.364. The highest BCUT2D eigenvalue weighted by Gasteiger charge is 2.24. The van der Waals surface area contributed by atoms with Gasteiger partial charge in [-0.25, -0.2) is 4.98 Å². The van der Waals surface area contributed by atoms with Crippen LogP contribution in [-0.4, -0.2) is 56.2 Å². The predicted octanol–water partition coefficient (Wildman–Crippen LogP) is 3.84. The molecule has 0 saturated carbocycles. The van der Waals surface area contributed by atoms with Crippen LogP contribution in [0.3, 0.4) is 0 Å². The fourth-order valence-electron chi connectivity index (χ4n) is 3.56. The number of fused-ring (bicyclic) bond motifs is 1. The Morgan fingerprint density at radius 2 is 1.79 bits per heavy atom. The molecular formula is C22H25N3O3S. The van der Waals surface area contributed by atoms with Crippen molar-refractivity contribution >= 4 is 32.6 Å². The summed E-state index contributed by atoms with van der Waals surface area (Å²) in [4.78, 5) is 21.9. The molecule has 2 aromatic carbocycles. The van der Waals surface area contributed by atoms with Crippen molar-refractivity contribution in [1.82, 2.24) is 9.88 Å². The molecule has 4 rings (SSSR count). The topological polar surface area (TPSA) is 54.9 Å². The van der Waals surface area contributed by atoms with Crippen LogP contribution in [0.15, 0.2) is 36.4 Å². The molecule has 1 amide bonds. The van der Waals surface area contributed by atoms with E-state index >= 15 is 0 Å². The zero-order valence-electron chi connectivity index (χ0n) is 17.0. The number of piperazine rings is 1. The second kappa shape index (κ2) is 8.29. The number of rotatable bonds is 5. The second-order valence-electron chi connectivity index (χ2n) is 7.00. The number of anilines is 1. The molecule has 1 saturated heterocycles. The molecule has 6 nitrogen and oxygen atoms in total. The molecule has 7 heteroatoms. The van der Waals surface area contributed by atoms with E-state index in [1.807, 2.05) is 4.90 Å². The lowest BCUT2D eigenvalue weighted by Gasteiger charge is -2.34. The van der Waals surface area contributed by atoms with E-state index in [-0.39, 0.29) is 5.91 Å². The van der Waals surface area contributed by atoms with Crippen molar-refractivity contribution in [2.45, 2.75) is 13.3 Å². The molecule has 2 heterocycles. The number of thiazole rings is 1. The molecule has 1 aromatic heterocycles. The Labute approximate surface area is 174 Å². The Morgan fingerprint density at radius 1 is 1.03 bits per heavy atom. The zero-order valence-corrected chi connectivity index (χ0v) is 17.8. The van der Waals surface area contributed by atoms with E-state index in [0.717, 1.165) is 30.2 Å². The number of nitrogens with zero attached hydrogens (tertiary/aromatic N) is 3. The maximum absolute atomic E-state index is 12.9. The van der Waals surface area contributed by atoms with Gasteiger partial charge in [-0.15, -0.1) is 0 Å². The van der Waals surface area contributed by atoms with E-state index in [1.54, 1.807) is 43.8 Å². The fourth-order valence-corrected chi connectivity index (χ4v) is 4.65. The van der Waals surface area contributed by atoms with E-state index < -0.39 is 0 Å². The van der Waals surface area contributed by atoms with E-state index in [1.165, 1.54) is 10.3 Å². The first-order valence-electron chi connectivity index (χ1n) is 9.78. The molecule has 29 heavy (non-hydrogen) atoms. The molecule has 1 aliphatic heterocycles. The molecule has 0 bridgehead atoms. The monoisotopic (exact) mass is 411 g/mol. The van der Waals surface area contributed by atoms with Crippen molar-refractivity contribution in [3.05, 3.63) is 47.5 Å². The number of methoxy groups -OCH3 is 2. The lowest BCUT2D eigenvalue weighted by molar-refractivity contribution is 0.0746. The van der Waals surface area contributed by atoms with E-state index in [4.69, 9.17) is 14.5 Å². The minimum absolute atomic E-state index is 0.0162. The number of ether oxygens (including phenoxy) is 2. The van der Waals surface area contributed by atoms with Crippen LogP contribution in [0.1, 0.15) is 22.8 Å². The second-order valence-corrected chi connectivity index (χ2v) is 8.01. The first kappa shape index (κ1) is 19.5. The Kier molecular flexibility index (Phi) is 5.58. The number of amides is 1. The average Bonchev–Trinajstić information content (AvgIpc) is 3.21. The molecule has 152 valence electrons. The molecular weight excluding hydrogens is 386 g/mol. The molecule has 3 aromatic rings. The molecule has 0 atom stereocenters. The quantitative estimate of drug-likeness (QED) is 0.639. The first-order chi connectivity index (χ1) is 14.1. The Bertz CT molecular complexity index is 1030. The molecule has 1 aliphatic rings. The summed E-state index contributed by atoms with van der Waals surface area (Å²) in [7, 11) is 3.16. The molecule has 1 fully saturated rings. The van der Waals surface area contributed by atoms with Crippen molar-refractivity contribution in [3.8, 4) is 11.5 Å². The number of carbonyl (C=O) groups excluding carboxylic acids is 1. The van der Waals surface area contributed by atoms with Gasteiger partial charge in [-0.1, -0.05) is 24.3 Å². The number of benzene rings is 2. The summed E-state index contributed by atoms with van der Waals surface area (Å²) in [5, 5.41) is 1.03. The van der Waals surface area contributed by atoms with Gasteiger partial charge in [-0.3, -0.25) is 4.79 Å². The van der Waals surface area contributed by atoms with Crippen LogP contribution in [0.5, 0.6) is 11.5 Å². The summed E-state index contributed by atoms with van der Waals surface area (Å²) < 4.78 is 11.8. The van der Waals surface area contributed by atoms with Gasteiger partial charge < -0.3 is 19.3 Å². The highest BCUT2D eigenvalue weighted by atomic mass is 32.1. The lowest BCUT2D eigenvalue weighted by atomic mass is 10.1. The zero-order chi connectivity index (χ0) is 20.4. The standard InChI is InChI=1S/C22H25N3O3S/c1-4-15-5-7-17-20(13-15)29-22(23-17)25-11-9-24(10-12-25)21(26)16-6-8-18(27-2)19(14-16)28-3/h5-8,13-14H,4,9-12H2,1-3H3. The van der Waals surface area contributed by atoms with E-state index in [2.05, 4.69) is 30.0 Å². The number of aromatic nitrogens is 1. The summed E-state index contributed by atoms with van der Waals surface area (Å²) in [6.07, 6.45) is 1.03. The minimum Gasteiger partial charge on any atom is -0.493 e. The van der Waals surface area contributed by atoms with Crippen LogP contribution >= 0.6 is 11.3 Å². The number of aryl methyl sites for hydroxylation is 1. The normalized spacial score (nSPS) is 14.3. The summed E-state index contributed by atoms with van der Waals surface area (Å²) in [6.45, 7) is 5.06. The van der Waals surface area contributed by atoms with Gasteiger partial charge in [0.1, 0.15) is 0 Å². The molecule has 0 aliphatic carbocycles. The minimum atomic E-state index is 0.0162. The molecule has 0 unspecified atom stereocenters. The number of hydrogen-bond acceptors (Lipinski definition) is 6. The van der Waals surface area contributed by atoms with E-state index in [0.29, 0.717) is 30.2 Å². The Balaban J connectivity index is 1.44. The van der Waals surface area contributed by atoms with Crippen LogP contribution in [-0.2, 0) is 6.42 Å². The van der Waals surface area contributed by atoms with Crippen molar-refractivity contribution < 1.29 is 14.3 Å². The smallest absolute Gasteiger partial charge is 0.254 e. The van der Waals surface area contributed by atoms with Gasteiger partial charge in [-0.05, 0) is 42.3 Å². The van der Waals surface area contributed by atoms with Crippen LogP contribution in [0, 0.1) is 0 Å². The van der Waals surface area contributed by atoms with E-state index in [9.17, 15) is 4.79 Å². The summed E-state index contributed by atoms with van der Waals surface area (Å²) in [6, 6.07) is 11.8. The Morgan fingerprint density at radius 3 is 2.48 bits per heavy atom. The molecule has 0 spiro atoms. The largest absolute Gasteiger partial charge is 0.493 e.